The van der Waals surface area contributed by atoms with E-state index in [0.717, 1.165) is 43.7 Å². The van der Waals surface area contributed by atoms with E-state index in [0.29, 0.717) is 35.0 Å². The van der Waals surface area contributed by atoms with E-state index in [-0.39, 0.29) is 11.9 Å². The van der Waals surface area contributed by atoms with Crippen molar-refractivity contribution < 1.29 is 9.53 Å². The van der Waals surface area contributed by atoms with E-state index in [9.17, 15) is 4.79 Å². The number of carbonyl (C=O) groups is 1. The van der Waals surface area contributed by atoms with E-state index in [1.807, 2.05) is 48.3 Å². The molecule has 2 fully saturated rings. The van der Waals surface area contributed by atoms with Gasteiger partial charge in [-0.3, -0.25) is 9.69 Å². The van der Waals surface area contributed by atoms with Crippen molar-refractivity contribution in [3.63, 3.8) is 0 Å². The molecule has 0 spiro atoms. The maximum absolute atomic E-state index is 13.3. The third-order valence-electron chi connectivity index (χ3n) is 7.78. The van der Waals surface area contributed by atoms with Crippen LogP contribution in [0.1, 0.15) is 56.1 Å². The summed E-state index contributed by atoms with van der Waals surface area (Å²) in [4.78, 5) is 17.8. The summed E-state index contributed by atoms with van der Waals surface area (Å²) in [6, 6.07) is 14.0. The Hall–Kier alpha value is -1.79. The van der Waals surface area contributed by atoms with Gasteiger partial charge < -0.3 is 15.0 Å². The fourth-order valence-electron chi connectivity index (χ4n) is 5.54. The van der Waals surface area contributed by atoms with Gasteiger partial charge >= 0.3 is 0 Å². The molecule has 2 saturated heterocycles. The summed E-state index contributed by atoms with van der Waals surface area (Å²) in [5.74, 6) is 1.42. The van der Waals surface area contributed by atoms with Crippen LogP contribution >= 0.6 is 23.2 Å². The average Bonchev–Trinajstić information content (AvgIpc) is 3.43. The van der Waals surface area contributed by atoms with Crippen molar-refractivity contribution in [1.29, 1.82) is 0 Å². The van der Waals surface area contributed by atoms with Crippen LogP contribution in [0.15, 0.2) is 42.5 Å². The molecule has 0 aliphatic carbocycles. The van der Waals surface area contributed by atoms with Crippen molar-refractivity contribution in [3.05, 3.63) is 63.6 Å². The Bertz CT molecular complexity index is 987. The van der Waals surface area contributed by atoms with Gasteiger partial charge in [-0.15, -0.1) is 0 Å². The lowest BCUT2D eigenvalue weighted by Crippen LogP contribution is -2.49. The lowest BCUT2D eigenvalue weighted by atomic mass is 9.88. The molecule has 2 aromatic rings. The highest BCUT2D eigenvalue weighted by atomic mass is 35.5. The maximum atomic E-state index is 13.3. The first-order valence-electron chi connectivity index (χ1n) is 13.3. The first kappa shape index (κ1) is 27.3. The van der Waals surface area contributed by atoms with Gasteiger partial charge in [0.1, 0.15) is 12.4 Å². The Morgan fingerprint density at radius 3 is 2.33 bits per heavy atom. The Balaban J connectivity index is 1.36. The van der Waals surface area contributed by atoms with E-state index in [1.54, 1.807) is 0 Å². The standard InChI is InChI=1S/C29H39Cl2N3O2/c1-3-25(33-14-4-5-15-33)20-36-28-19-24(31)10-11-26(28)22-12-16-34(17-13-22)29(35)27(32-2)18-21-6-8-23(30)9-7-21/h6-11,19,22,25,27,32H,3-5,12-18,20H2,1-2H3/t25?,27-/m1/s1. The van der Waals surface area contributed by atoms with Crippen LogP contribution in [0.5, 0.6) is 5.75 Å². The van der Waals surface area contributed by atoms with Crippen LogP contribution in [-0.2, 0) is 11.2 Å². The minimum atomic E-state index is -0.242. The first-order chi connectivity index (χ1) is 17.5. The average molecular weight is 533 g/mol. The van der Waals surface area contributed by atoms with Gasteiger partial charge in [-0.2, -0.15) is 0 Å². The van der Waals surface area contributed by atoms with Crippen LogP contribution in [0.2, 0.25) is 10.0 Å². The SMILES string of the molecule is CCC(COc1cc(Cl)ccc1C1CCN(C(=O)[C@@H](Cc2ccc(Cl)cc2)NC)CC1)N1CCCC1. The number of amides is 1. The number of rotatable bonds is 10. The number of piperidine rings is 1. The predicted molar refractivity (Wildman–Crippen MR) is 148 cm³/mol. The number of nitrogens with one attached hydrogen (secondary N) is 1. The van der Waals surface area contributed by atoms with E-state index in [1.165, 1.54) is 31.5 Å². The smallest absolute Gasteiger partial charge is 0.240 e. The van der Waals surface area contributed by atoms with E-state index < -0.39 is 0 Å². The van der Waals surface area contributed by atoms with Crippen molar-refractivity contribution >= 4 is 29.1 Å². The summed E-state index contributed by atoms with van der Waals surface area (Å²) < 4.78 is 6.42. The van der Waals surface area contributed by atoms with Crippen LogP contribution in [0.4, 0.5) is 0 Å². The molecule has 1 unspecified atom stereocenters. The number of benzene rings is 2. The zero-order valence-corrected chi connectivity index (χ0v) is 23.0. The Morgan fingerprint density at radius 2 is 1.69 bits per heavy atom. The quantitative estimate of drug-likeness (QED) is 0.421. The second-order valence-corrected chi connectivity index (χ2v) is 10.9. The van der Waals surface area contributed by atoms with Gasteiger partial charge in [-0.05, 0) is 100.0 Å². The highest BCUT2D eigenvalue weighted by molar-refractivity contribution is 6.30. The Labute approximate surface area is 226 Å². The third kappa shape index (κ3) is 6.95. The first-order valence-corrected chi connectivity index (χ1v) is 14.1. The van der Waals surface area contributed by atoms with Gasteiger partial charge in [0, 0.05) is 29.2 Å². The molecule has 2 atom stereocenters. The van der Waals surface area contributed by atoms with Crippen molar-refractivity contribution in [2.45, 2.75) is 63.5 Å². The largest absolute Gasteiger partial charge is 0.492 e. The maximum Gasteiger partial charge on any atom is 0.240 e. The van der Waals surface area contributed by atoms with Gasteiger partial charge in [0.2, 0.25) is 5.91 Å². The summed E-state index contributed by atoms with van der Waals surface area (Å²) >= 11 is 12.4. The molecule has 1 N–H and O–H groups in total. The molecule has 2 heterocycles. The van der Waals surface area contributed by atoms with Gasteiger partial charge in [0.15, 0.2) is 0 Å². The molecule has 0 aromatic heterocycles. The Morgan fingerprint density at radius 1 is 1.03 bits per heavy atom. The van der Waals surface area contributed by atoms with E-state index in [4.69, 9.17) is 27.9 Å². The molecule has 0 radical (unpaired) electrons. The molecule has 4 rings (SSSR count). The van der Waals surface area contributed by atoms with Gasteiger partial charge in [0.05, 0.1) is 6.04 Å². The minimum Gasteiger partial charge on any atom is -0.492 e. The van der Waals surface area contributed by atoms with Crippen LogP contribution in [-0.4, -0.2) is 67.6 Å². The fourth-order valence-corrected chi connectivity index (χ4v) is 5.83. The van der Waals surface area contributed by atoms with Crippen LogP contribution < -0.4 is 10.1 Å². The topological polar surface area (TPSA) is 44.8 Å². The van der Waals surface area contributed by atoms with Crippen molar-refractivity contribution in [1.82, 2.24) is 15.1 Å². The summed E-state index contributed by atoms with van der Waals surface area (Å²) in [7, 11) is 1.86. The number of carbonyl (C=O) groups excluding carboxylic acids is 1. The second kappa shape index (κ2) is 13.1. The summed E-state index contributed by atoms with van der Waals surface area (Å²) in [6.07, 6.45) is 6.14. The van der Waals surface area contributed by atoms with Crippen LogP contribution in [0.25, 0.3) is 0 Å². The number of hydrogen-bond acceptors (Lipinski definition) is 4. The number of hydrogen-bond donors (Lipinski definition) is 1. The van der Waals surface area contributed by atoms with Crippen LogP contribution in [0.3, 0.4) is 0 Å². The number of ether oxygens (including phenoxy) is 1. The van der Waals surface area contributed by atoms with Crippen molar-refractivity contribution in [2.75, 3.05) is 39.8 Å². The monoisotopic (exact) mass is 531 g/mol. The molecule has 7 heteroatoms. The normalized spacial score (nSPS) is 18.8. The minimum absolute atomic E-state index is 0.162. The summed E-state index contributed by atoms with van der Waals surface area (Å²) in [6.45, 7) is 6.76. The number of likely N-dealkylation sites (tertiary alicyclic amines) is 2. The molecular weight excluding hydrogens is 493 g/mol. The number of halogens is 2. The molecule has 2 aliphatic rings. The van der Waals surface area contributed by atoms with E-state index >= 15 is 0 Å². The van der Waals surface area contributed by atoms with Crippen LogP contribution in [0, 0.1) is 0 Å². The lowest BCUT2D eigenvalue weighted by molar-refractivity contribution is -0.134. The number of likely N-dealkylation sites (N-methyl/N-ethyl adjacent to an activating group) is 1. The molecule has 1 amide bonds. The zero-order valence-electron chi connectivity index (χ0n) is 21.5. The molecule has 5 nitrogen and oxygen atoms in total. The molecular formula is C29H39Cl2N3O2. The van der Waals surface area contributed by atoms with E-state index in [2.05, 4.69) is 23.2 Å². The summed E-state index contributed by atoms with van der Waals surface area (Å²) in [5, 5.41) is 4.63. The molecule has 2 aliphatic heterocycles. The van der Waals surface area contributed by atoms with Gasteiger partial charge in [0.25, 0.3) is 0 Å². The molecule has 0 saturated carbocycles. The fraction of sp³-hybridized carbons (Fsp3) is 0.552. The lowest BCUT2D eigenvalue weighted by Gasteiger charge is -2.35. The second-order valence-electron chi connectivity index (χ2n) is 10.1. The molecule has 36 heavy (non-hydrogen) atoms. The molecule has 0 bridgehead atoms. The number of nitrogens with zero attached hydrogens (tertiary/aromatic N) is 2. The molecule has 196 valence electrons. The van der Waals surface area contributed by atoms with Crippen molar-refractivity contribution in [2.24, 2.45) is 0 Å². The predicted octanol–water partition coefficient (Wildman–Crippen LogP) is 5.78. The highest BCUT2D eigenvalue weighted by Gasteiger charge is 2.30. The molecule has 2 aromatic carbocycles. The van der Waals surface area contributed by atoms with Gasteiger partial charge in [-0.1, -0.05) is 48.3 Å². The zero-order chi connectivity index (χ0) is 25.5. The van der Waals surface area contributed by atoms with Crippen molar-refractivity contribution in [3.8, 4) is 5.75 Å². The Kier molecular flexibility index (Phi) is 9.95. The van der Waals surface area contributed by atoms with Gasteiger partial charge in [-0.25, -0.2) is 0 Å². The highest BCUT2D eigenvalue weighted by Crippen LogP contribution is 2.36. The summed E-state index contributed by atoms with van der Waals surface area (Å²) in [5.41, 5.74) is 2.32. The third-order valence-corrected chi connectivity index (χ3v) is 8.27.